The molecular weight excluding hydrogens is 419 g/mol. The van der Waals surface area contributed by atoms with Gasteiger partial charge in [0.05, 0.1) is 16.9 Å². The van der Waals surface area contributed by atoms with Crippen LogP contribution in [-0.4, -0.2) is 15.7 Å². The first-order chi connectivity index (χ1) is 15.2. The average molecular weight is 443 g/mol. The molecule has 5 nitrogen and oxygen atoms in total. The first-order valence-electron chi connectivity index (χ1n) is 10.4. The molecule has 0 bridgehead atoms. The van der Waals surface area contributed by atoms with E-state index in [-0.39, 0.29) is 11.6 Å². The molecule has 1 heterocycles. The number of benzene rings is 2. The van der Waals surface area contributed by atoms with Gasteiger partial charge in [-0.2, -0.15) is 23.0 Å². The Balaban J connectivity index is 1.95. The van der Waals surface area contributed by atoms with Crippen LogP contribution in [0.25, 0.3) is 16.8 Å². The SMILES string of the molecule is CCCCC(=O)Nc1cccc(-c2cc(=O)n(-c3ccc(C(F)(F)F)cc3)nc2CC)c1. The molecule has 1 amide bonds. The normalized spacial score (nSPS) is 11.4. The predicted octanol–water partition coefficient (Wildman–Crippen LogP) is 5.61. The number of aromatic nitrogens is 2. The van der Waals surface area contributed by atoms with Gasteiger partial charge in [-0.1, -0.05) is 32.4 Å². The molecule has 3 aromatic rings. The molecule has 168 valence electrons. The molecule has 3 rings (SSSR count). The number of anilines is 1. The fourth-order valence-corrected chi connectivity index (χ4v) is 3.30. The van der Waals surface area contributed by atoms with E-state index in [0.717, 1.165) is 35.2 Å². The van der Waals surface area contributed by atoms with E-state index in [1.807, 2.05) is 19.9 Å². The highest BCUT2D eigenvalue weighted by Gasteiger charge is 2.30. The molecular formula is C24H24F3N3O2. The molecule has 32 heavy (non-hydrogen) atoms. The number of aryl methyl sites for hydroxylation is 1. The van der Waals surface area contributed by atoms with Crippen molar-refractivity contribution in [2.45, 2.75) is 45.7 Å². The maximum atomic E-state index is 12.8. The van der Waals surface area contributed by atoms with Gasteiger partial charge in [-0.25, -0.2) is 0 Å². The standard InChI is InChI=1S/C24H24F3N3O2/c1-3-5-9-22(31)28-18-8-6-7-16(14-18)20-15-23(32)30(29-21(20)4-2)19-12-10-17(11-13-19)24(25,26)27/h6-8,10-15H,3-5,9H2,1-2H3,(H,28,31). The quantitative estimate of drug-likeness (QED) is 0.516. The van der Waals surface area contributed by atoms with E-state index < -0.39 is 17.3 Å². The topological polar surface area (TPSA) is 64.0 Å². The summed E-state index contributed by atoms with van der Waals surface area (Å²) in [5.41, 5.74) is 1.57. The van der Waals surface area contributed by atoms with E-state index in [9.17, 15) is 22.8 Å². The fourth-order valence-electron chi connectivity index (χ4n) is 3.30. The van der Waals surface area contributed by atoms with E-state index in [4.69, 9.17) is 0 Å². The van der Waals surface area contributed by atoms with E-state index >= 15 is 0 Å². The minimum Gasteiger partial charge on any atom is -0.326 e. The molecule has 0 saturated heterocycles. The van der Waals surface area contributed by atoms with Crippen molar-refractivity contribution in [2.24, 2.45) is 0 Å². The van der Waals surface area contributed by atoms with Crippen molar-refractivity contribution >= 4 is 11.6 Å². The molecule has 0 saturated carbocycles. The third-order valence-electron chi connectivity index (χ3n) is 5.00. The number of carbonyl (C=O) groups is 1. The van der Waals surface area contributed by atoms with Crippen molar-refractivity contribution in [3.05, 3.63) is 76.2 Å². The lowest BCUT2D eigenvalue weighted by Gasteiger charge is -2.13. The van der Waals surface area contributed by atoms with Crippen LogP contribution in [0.15, 0.2) is 59.4 Å². The summed E-state index contributed by atoms with van der Waals surface area (Å²) in [4.78, 5) is 24.8. The summed E-state index contributed by atoms with van der Waals surface area (Å²) in [5.74, 6) is -0.0736. The Morgan fingerprint density at radius 1 is 1.06 bits per heavy atom. The van der Waals surface area contributed by atoms with E-state index in [2.05, 4.69) is 10.4 Å². The molecule has 1 N–H and O–H groups in total. The molecule has 8 heteroatoms. The Bertz CT molecular complexity index is 1150. The van der Waals surface area contributed by atoms with Crippen LogP contribution in [0.3, 0.4) is 0 Å². The number of halogens is 3. The molecule has 0 unspecified atom stereocenters. The Morgan fingerprint density at radius 2 is 1.78 bits per heavy atom. The summed E-state index contributed by atoms with van der Waals surface area (Å²) in [6, 6.07) is 12.9. The zero-order valence-electron chi connectivity index (χ0n) is 17.9. The van der Waals surface area contributed by atoms with Crippen LogP contribution in [0.1, 0.15) is 44.4 Å². The summed E-state index contributed by atoms with van der Waals surface area (Å²) in [6.45, 7) is 3.89. The van der Waals surface area contributed by atoms with Crippen LogP contribution in [0.4, 0.5) is 18.9 Å². The highest BCUT2D eigenvalue weighted by molar-refractivity contribution is 5.91. The number of rotatable bonds is 7. The van der Waals surface area contributed by atoms with Crippen LogP contribution in [0.2, 0.25) is 0 Å². The predicted molar refractivity (Wildman–Crippen MR) is 118 cm³/mol. The lowest BCUT2D eigenvalue weighted by Crippen LogP contribution is -2.22. The summed E-state index contributed by atoms with van der Waals surface area (Å²) in [6.07, 6.45) is -1.78. The summed E-state index contributed by atoms with van der Waals surface area (Å²) < 4.78 is 39.6. The van der Waals surface area contributed by atoms with Crippen molar-refractivity contribution in [2.75, 3.05) is 5.32 Å². The lowest BCUT2D eigenvalue weighted by molar-refractivity contribution is -0.137. The highest BCUT2D eigenvalue weighted by atomic mass is 19.4. The summed E-state index contributed by atoms with van der Waals surface area (Å²) >= 11 is 0. The second kappa shape index (κ2) is 9.80. The first-order valence-corrected chi connectivity index (χ1v) is 10.4. The molecule has 2 aromatic carbocycles. The number of nitrogens with one attached hydrogen (secondary N) is 1. The second-order valence-electron chi connectivity index (χ2n) is 7.39. The number of amides is 1. The molecule has 0 atom stereocenters. The first kappa shape index (κ1) is 23.2. The van der Waals surface area contributed by atoms with Crippen molar-refractivity contribution in [1.82, 2.24) is 9.78 Å². The minimum atomic E-state index is -4.45. The van der Waals surface area contributed by atoms with Crippen LogP contribution < -0.4 is 10.9 Å². The number of nitrogens with zero attached hydrogens (tertiary/aromatic N) is 2. The molecule has 0 aliphatic carbocycles. The van der Waals surface area contributed by atoms with Gasteiger partial charge in [0.25, 0.3) is 5.56 Å². The van der Waals surface area contributed by atoms with Gasteiger partial charge in [0.15, 0.2) is 0 Å². The third-order valence-corrected chi connectivity index (χ3v) is 5.00. The number of hydrogen-bond acceptors (Lipinski definition) is 3. The maximum Gasteiger partial charge on any atom is 0.416 e. The maximum absolute atomic E-state index is 12.8. The van der Waals surface area contributed by atoms with E-state index in [0.29, 0.717) is 29.8 Å². The fraction of sp³-hybridized carbons (Fsp3) is 0.292. The largest absolute Gasteiger partial charge is 0.416 e. The van der Waals surface area contributed by atoms with Crippen molar-refractivity contribution in [1.29, 1.82) is 0 Å². The van der Waals surface area contributed by atoms with Crippen LogP contribution in [-0.2, 0) is 17.4 Å². The second-order valence-corrected chi connectivity index (χ2v) is 7.39. The van der Waals surface area contributed by atoms with Gasteiger partial charge in [0.1, 0.15) is 0 Å². The Hall–Kier alpha value is -3.42. The minimum absolute atomic E-state index is 0.0736. The molecule has 1 aromatic heterocycles. The lowest BCUT2D eigenvalue weighted by atomic mass is 10.0. The monoisotopic (exact) mass is 443 g/mol. The van der Waals surface area contributed by atoms with Gasteiger partial charge in [-0.15, -0.1) is 0 Å². The van der Waals surface area contributed by atoms with Crippen LogP contribution >= 0.6 is 0 Å². The molecule has 0 radical (unpaired) electrons. The Labute approximate surface area is 183 Å². The molecule has 0 fully saturated rings. The average Bonchev–Trinajstić information content (AvgIpc) is 2.77. The number of carbonyl (C=O) groups excluding carboxylic acids is 1. The summed E-state index contributed by atoms with van der Waals surface area (Å²) in [7, 11) is 0. The number of unbranched alkanes of at least 4 members (excludes halogenated alkanes) is 1. The van der Waals surface area contributed by atoms with Gasteiger partial charge in [0, 0.05) is 23.7 Å². The van der Waals surface area contributed by atoms with Gasteiger partial charge in [-0.05, 0) is 54.8 Å². The molecule has 0 spiro atoms. The molecule has 0 aliphatic heterocycles. The van der Waals surface area contributed by atoms with Gasteiger partial charge in [-0.3, -0.25) is 9.59 Å². The summed E-state index contributed by atoms with van der Waals surface area (Å²) in [5, 5.41) is 7.25. The van der Waals surface area contributed by atoms with E-state index in [1.54, 1.807) is 18.2 Å². The van der Waals surface area contributed by atoms with Crippen molar-refractivity contribution in [3.63, 3.8) is 0 Å². The number of hydrogen-bond donors (Lipinski definition) is 1. The van der Waals surface area contributed by atoms with Gasteiger partial charge >= 0.3 is 6.18 Å². The van der Waals surface area contributed by atoms with Crippen LogP contribution in [0, 0.1) is 0 Å². The third kappa shape index (κ3) is 5.43. The smallest absolute Gasteiger partial charge is 0.326 e. The Kier molecular flexibility index (Phi) is 7.12. The highest BCUT2D eigenvalue weighted by Crippen LogP contribution is 2.30. The van der Waals surface area contributed by atoms with Crippen molar-refractivity contribution < 1.29 is 18.0 Å². The van der Waals surface area contributed by atoms with Crippen LogP contribution in [0.5, 0.6) is 0 Å². The number of alkyl halides is 3. The molecule has 0 aliphatic rings. The van der Waals surface area contributed by atoms with Crippen molar-refractivity contribution in [3.8, 4) is 16.8 Å². The zero-order chi connectivity index (χ0) is 23.3. The Morgan fingerprint density at radius 3 is 2.41 bits per heavy atom. The zero-order valence-corrected chi connectivity index (χ0v) is 17.9. The van der Waals surface area contributed by atoms with Gasteiger partial charge in [0.2, 0.25) is 5.91 Å². The van der Waals surface area contributed by atoms with Gasteiger partial charge < -0.3 is 5.32 Å². The van der Waals surface area contributed by atoms with E-state index in [1.165, 1.54) is 18.2 Å².